The lowest BCUT2D eigenvalue weighted by atomic mass is 10.1. The molecule has 0 saturated carbocycles. The van der Waals surface area contributed by atoms with Crippen molar-refractivity contribution in [3.05, 3.63) is 17.5 Å². The van der Waals surface area contributed by atoms with Gasteiger partial charge in [-0.05, 0) is 25.5 Å². The molecule has 0 aromatic carbocycles. The maximum atomic E-state index is 12.0. The average Bonchev–Trinajstić information content (AvgIpc) is 2.74. The molecule has 2 heterocycles. The summed E-state index contributed by atoms with van der Waals surface area (Å²) in [6, 6.07) is 2.03. The number of amides is 1. The molecular weight excluding hydrogens is 204 g/mol. The fraction of sp³-hybridized carbons (Fsp3) is 0.636. The summed E-state index contributed by atoms with van der Waals surface area (Å²) in [5, 5.41) is 10.5. The predicted octanol–water partition coefficient (Wildman–Crippen LogP) is 0.0662. The Hall–Kier alpha value is -1.36. The summed E-state index contributed by atoms with van der Waals surface area (Å²) in [6.45, 7) is 5.84. The van der Waals surface area contributed by atoms with Crippen LogP contribution < -0.4 is 10.6 Å². The van der Waals surface area contributed by atoms with Gasteiger partial charge in [0.25, 0.3) is 5.91 Å². The van der Waals surface area contributed by atoms with Crippen LogP contribution in [0.5, 0.6) is 0 Å². The molecule has 1 aromatic rings. The second kappa shape index (κ2) is 4.25. The van der Waals surface area contributed by atoms with Crippen molar-refractivity contribution in [1.29, 1.82) is 0 Å². The second-order valence-electron chi connectivity index (χ2n) is 4.51. The van der Waals surface area contributed by atoms with Crippen LogP contribution in [0.3, 0.4) is 0 Å². The van der Waals surface area contributed by atoms with Crippen LogP contribution in [0.15, 0.2) is 6.07 Å². The first-order chi connectivity index (χ1) is 7.58. The predicted molar refractivity (Wildman–Crippen MR) is 61.2 cm³/mol. The van der Waals surface area contributed by atoms with Crippen LogP contribution in [-0.2, 0) is 7.05 Å². The number of nitrogens with one attached hydrogen (secondary N) is 2. The van der Waals surface area contributed by atoms with E-state index in [2.05, 4.69) is 22.7 Å². The number of carbonyl (C=O) groups excluding carboxylic acids is 1. The molecule has 1 fully saturated rings. The molecule has 2 rings (SSSR count). The first-order valence-electron chi connectivity index (χ1n) is 5.60. The Morgan fingerprint density at radius 2 is 2.38 bits per heavy atom. The summed E-state index contributed by atoms with van der Waals surface area (Å²) in [4.78, 5) is 12.0. The van der Waals surface area contributed by atoms with Gasteiger partial charge in [0.2, 0.25) is 0 Å². The zero-order valence-electron chi connectivity index (χ0n) is 9.95. The number of aromatic nitrogens is 2. The van der Waals surface area contributed by atoms with Gasteiger partial charge in [-0.1, -0.05) is 6.92 Å². The number of hydrogen-bond donors (Lipinski definition) is 2. The van der Waals surface area contributed by atoms with Gasteiger partial charge in [0.05, 0.1) is 5.69 Å². The third kappa shape index (κ3) is 2.09. The van der Waals surface area contributed by atoms with Gasteiger partial charge in [-0.3, -0.25) is 9.48 Å². The molecule has 5 nitrogen and oxygen atoms in total. The Morgan fingerprint density at radius 1 is 1.62 bits per heavy atom. The van der Waals surface area contributed by atoms with E-state index in [9.17, 15) is 4.79 Å². The highest BCUT2D eigenvalue weighted by atomic mass is 16.2. The van der Waals surface area contributed by atoms with E-state index >= 15 is 0 Å². The van der Waals surface area contributed by atoms with Crippen LogP contribution in [0, 0.1) is 12.8 Å². The van der Waals surface area contributed by atoms with E-state index in [0.717, 1.165) is 18.8 Å². The lowest BCUT2D eigenvalue weighted by molar-refractivity contribution is 0.0923. The van der Waals surface area contributed by atoms with E-state index in [1.54, 1.807) is 11.7 Å². The third-order valence-corrected chi connectivity index (χ3v) is 3.07. The molecule has 1 saturated heterocycles. The number of aryl methyl sites for hydroxylation is 2. The van der Waals surface area contributed by atoms with Crippen molar-refractivity contribution >= 4 is 5.91 Å². The van der Waals surface area contributed by atoms with Gasteiger partial charge in [0.15, 0.2) is 0 Å². The van der Waals surface area contributed by atoms with E-state index in [1.165, 1.54) is 0 Å². The molecule has 0 spiro atoms. The Morgan fingerprint density at radius 3 is 2.88 bits per heavy atom. The SMILES string of the molecule is Cc1cc(C(=O)NC2CNCC2C)n(C)n1. The third-order valence-electron chi connectivity index (χ3n) is 3.07. The molecule has 1 amide bonds. The van der Waals surface area contributed by atoms with E-state index < -0.39 is 0 Å². The van der Waals surface area contributed by atoms with Crippen molar-refractivity contribution in [3.8, 4) is 0 Å². The normalized spacial score (nSPS) is 24.7. The summed E-state index contributed by atoms with van der Waals surface area (Å²) < 4.78 is 1.62. The fourth-order valence-electron chi connectivity index (χ4n) is 2.07. The lowest BCUT2D eigenvalue weighted by Crippen LogP contribution is -2.40. The van der Waals surface area contributed by atoms with Crippen LogP contribution >= 0.6 is 0 Å². The molecule has 16 heavy (non-hydrogen) atoms. The Balaban J connectivity index is 2.05. The Kier molecular flexibility index (Phi) is 2.96. The van der Waals surface area contributed by atoms with Crippen molar-refractivity contribution < 1.29 is 4.79 Å². The minimum atomic E-state index is -0.0383. The van der Waals surface area contributed by atoms with Crippen LogP contribution in [0.4, 0.5) is 0 Å². The Bertz CT molecular complexity index is 399. The molecule has 2 unspecified atom stereocenters. The number of nitrogens with zero attached hydrogens (tertiary/aromatic N) is 2. The van der Waals surface area contributed by atoms with Gasteiger partial charge >= 0.3 is 0 Å². The van der Waals surface area contributed by atoms with Gasteiger partial charge in [-0.25, -0.2) is 0 Å². The van der Waals surface area contributed by atoms with Crippen molar-refractivity contribution in [3.63, 3.8) is 0 Å². The maximum Gasteiger partial charge on any atom is 0.269 e. The molecule has 2 atom stereocenters. The van der Waals surface area contributed by atoms with Gasteiger partial charge in [-0.15, -0.1) is 0 Å². The van der Waals surface area contributed by atoms with E-state index in [1.807, 2.05) is 13.0 Å². The van der Waals surface area contributed by atoms with Crippen molar-refractivity contribution in [2.24, 2.45) is 13.0 Å². The Labute approximate surface area is 95.2 Å². The van der Waals surface area contributed by atoms with Gasteiger partial charge in [0.1, 0.15) is 5.69 Å². The summed E-state index contributed by atoms with van der Waals surface area (Å²) in [5.41, 5.74) is 1.49. The van der Waals surface area contributed by atoms with Crippen LogP contribution in [0.2, 0.25) is 0 Å². The molecular formula is C11H18N4O. The molecule has 0 bridgehead atoms. The van der Waals surface area contributed by atoms with Crippen LogP contribution in [0.1, 0.15) is 23.1 Å². The number of rotatable bonds is 2. The van der Waals surface area contributed by atoms with Crippen molar-refractivity contribution in [1.82, 2.24) is 20.4 Å². The number of hydrogen-bond acceptors (Lipinski definition) is 3. The minimum absolute atomic E-state index is 0.0383. The smallest absolute Gasteiger partial charge is 0.269 e. The topological polar surface area (TPSA) is 59.0 Å². The largest absolute Gasteiger partial charge is 0.346 e. The van der Waals surface area contributed by atoms with E-state index in [0.29, 0.717) is 11.6 Å². The second-order valence-corrected chi connectivity index (χ2v) is 4.51. The molecule has 0 aliphatic carbocycles. The van der Waals surface area contributed by atoms with E-state index in [-0.39, 0.29) is 11.9 Å². The van der Waals surface area contributed by atoms with Gasteiger partial charge in [0, 0.05) is 19.6 Å². The maximum absolute atomic E-state index is 12.0. The van der Waals surface area contributed by atoms with E-state index in [4.69, 9.17) is 0 Å². The average molecular weight is 222 g/mol. The molecule has 2 N–H and O–H groups in total. The summed E-state index contributed by atoms with van der Waals surface area (Å²) >= 11 is 0. The molecule has 0 radical (unpaired) electrons. The minimum Gasteiger partial charge on any atom is -0.346 e. The molecule has 1 aliphatic rings. The quantitative estimate of drug-likeness (QED) is 0.744. The monoisotopic (exact) mass is 222 g/mol. The lowest BCUT2D eigenvalue weighted by Gasteiger charge is -2.15. The molecule has 1 aliphatic heterocycles. The highest BCUT2D eigenvalue weighted by Crippen LogP contribution is 2.09. The van der Waals surface area contributed by atoms with Crippen molar-refractivity contribution in [2.45, 2.75) is 19.9 Å². The first kappa shape index (κ1) is 11.1. The van der Waals surface area contributed by atoms with Gasteiger partial charge in [-0.2, -0.15) is 5.10 Å². The standard InChI is InChI=1S/C11H18N4O/c1-7-5-12-6-9(7)13-11(16)10-4-8(2)14-15(10)3/h4,7,9,12H,5-6H2,1-3H3,(H,13,16). The fourth-order valence-corrected chi connectivity index (χ4v) is 2.07. The van der Waals surface area contributed by atoms with Crippen LogP contribution in [-0.4, -0.2) is 34.8 Å². The first-order valence-corrected chi connectivity index (χ1v) is 5.60. The molecule has 5 heteroatoms. The summed E-state index contributed by atoms with van der Waals surface area (Å²) in [5.74, 6) is 0.446. The van der Waals surface area contributed by atoms with Gasteiger partial charge < -0.3 is 10.6 Å². The van der Waals surface area contributed by atoms with Crippen LogP contribution in [0.25, 0.3) is 0 Å². The number of carbonyl (C=O) groups is 1. The highest BCUT2D eigenvalue weighted by Gasteiger charge is 2.25. The molecule has 88 valence electrons. The zero-order valence-corrected chi connectivity index (χ0v) is 9.95. The summed E-state index contributed by atoms with van der Waals surface area (Å²) in [6.07, 6.45) is 0. The summed E-state index contributed by atoms with van der Waals surface area (Å²) in [7, 11) is 1.79. The zero-order chi connectivity index (χ0) is 11.7. The molecule has 1 aromatic heterocycles. The highest BCUT2D eigenvalue weighted by molar-refractivity contribution is 5.92. The van der Waals surface area contributed by atoms with Crippen molar-refractivity contribution in [2.75, 3.05) is 13.1 Å².